The Morgan fingerprint density at radius 2 is 1.67 bits per heavy atom. The molecule has 0 aromatic heterocycles. The van der Waals surface area contributed by atoms with Gasteiger partial charge in [-0.2, -0.15) is 0 Å². The van der Waals surface area contributed by atoms with E-state index in [1.807, 2.05) is 11.8 Å². The number of fused-ring (bicyclic) bond motifs is 1. The summed E-state index contributed by atoms with van der Waals surface area (Å²) in [6, 6.07) is 8.64. The lowest BCUT2D eigenvalue weighted by molar-refractivity contribution is 0.0130. The van der Waals surface area contributed by atoms with Crippen LogP contribution in [-0.2, 0) is 11.3 Å². The second kappa shape index (κ2) is 8.85. The van der Waals surface area contributed by atoms with Gasteiger partial charge in [-0.3, -0.25) is 0 Å². The number of ether oxygens (including phenoxy) is 1. The average molecular weight is 307 g/mol. The molecule has 0 saturated carbocycles. The molecule has 0 aliphatic carbocycles. The fourth-order valence-corrected chi connectivity index (χ4v) is 4.15. The maximum Gasteiger partial charge on any atom is 0.115 e. The Morgan fingerprint density at radius 3 is 2.43 bits per heavy atom. The Labute approximate surface area is 134 Å². The highest BCUT2D eigenvalue weighted by molar-refractivity contribution is 8.00. The standard InChI is InChI=1S/C19H30OS/c1-3-4-5-6-7-8-9-12-15-19(2)20-16-17-13-10-11-14-18(17)21-19/h10-11,13-14H,3-9,12,15-16H2,1-2H3. The molecule has 0 N–H and O–H groups in total. The first-order valence-corrected chi connectivity index (χ1v) is 9.46. The van der Waals surface area contributed by atoms with E-state index in [4.69, 9.17) is 4.74 Å². The molecule has 118 valence electrons. The topological polar surface area (TPSA) is 9.23 Å². The molecular weight excluding hydrogens is 276 g/mol. The van der Waals surface area contributed by atoms with Gasteiger partial charge in [-0.1, -0.05) is 81.8 Å². The zero-order chi connectivity index (χ0) is 15.0. The molecule has 0 bridgehead atoms. The largest absolute Gasteiger partial charge is 0.360 e. The molecule has 1 aromatic carbocycles. The van der Waals surface area contributed by atoms with Gasteiger partial charge in [-0.25, -0.2) is 0 Å². The van der Waals surface area contributed by atoms with Crippen LogP contribution < -0.4 is 0 Å². The summed E-state index contributed by atoms with van der Waals surface area (Å²) in [6.45, 7) is 5.31. The lowest BCUT2D eigenvalue weighted by Gasteiger charge is -2.34. The molecule has 21 heavy (non-hydrogen) atoms. The Bertz CT molecular complexity index is 418. The quantitative estimate of drug-likeness (QED) is 0.478. The van der Waals surface area contributed by atoms with E-state index < -0.39 is 0 Å². The first-order chi connectivity index (χ1) is 10.2. The van der Waals surface area contributed by atoms with Gasteiger partial charge in [0.05, 0.1) is 6.61 Å². The van der Waals surface area contributed by atoms with Crippen LogP contribution in [0.2, 0.25) is 0 Å². The number of benzene rings is 1. The average Bonchev–Trinajstić information content (AvgIpc) is 2.50. The molecule has 0 spiro atoms. The third kappa shape index (κ3) is 5.67. The molecule has 2 rings (SSSR count). The Kier molecular flexibility index (Phi) is 7.12. The van der Waals surface area contributed by atoms with Crippen molar-refractivity contribution >= 4 is 11.8 Å². The van der Waals surface area contributed by atoms with E-state index >= 15 is 0 Å². The zero-order valence-corrected chi connectivity index (χ0v) is 14.5. The number of thioether (sulfide) groups is 1. The summed E-state index contributed by atoms with van der Waals surface area (Å²) in [7, 11) is 0. The van der Waals surface area contributed by atoms with Gasteiger partial charge in [0.1, 0.15) is 4.93 Å². The normalized spacial score (nSPS) is 21.2. The lowest BCUT2D eigenvalue weighted by atomic mass is 10.1. The minimum atomic E-state index is -0.0173. The fourth-order valence-electron chi connectivity index (χ4n) is 2.92. The first kappa shape index (κ1) is 16.9. The van der Waals surface area contributed by atoms with Crippen molar-refractivity contribution in [2.75, 3.05) is 0 Å². The highest BCUT2D eigenvalue weighted by atomic mass is 32.2. The van der Waals surface area contributed by atoms with Crippen molar-refractivity contribution in [3.8, 4) is 0 Å². The SMILES string of the molecule is CCCCCCCCCCC1(C)OCc2ccccc2S1. The van der Waals surface area contributed by atoms with E-state index in [0.29, 0.717) is 0 Å². The lowest BCUT2D eigenvalue weighted by Crippen LogP contribution is -2.27. The Morgan fingerprint density at radius 1 is 1.00 bits per heavy atom. The molecule has 2 heteroatoms. The maximum atomic E-state index is 6.11. The summed E-state index contributed by atoms with van der Waals surface area (Å²) in [5, 5.41) is 0. The van der Waals surface area contributed by atoms with Gasteiger partial charge < -0.3 is 4.74 Å². The van der Waals surface area contributed by atoms with E-state index in [2.05, 4.69) is 38.1 Å². The van der Waals surface area contributed by atoms with Crippen LogP contribution in [0, 0.1) is 0 Å². The second-order valence-electron chi connectivity index (χ2n) is 6.36. The molecule has 0 fully saturated rings. The minimum absolute atomic E-state index is 0.0173. The van der Waals surface area contributed by atoms with Crippen LogP contribution in [-0.4, -0.2) is 4.93 Å². The first-order valence-electron chi connectivity index (χ1n) is 8.64. The minimum Gasteiger partial charge on any atom is -0.360 e. The van der Waals surface area contributed by atoms with Gasteiger partial charge in [-0.15, -0.1) is 0 Å². The van der Waals surface area contributed by atoms with Crippen molar-refractivity contribution < 1.29 is 4.74 Å². The molecule has 1 atom stereocenters. The molecule has 0 saturated heterocycles. The summed E-state index contributed by atoms with van der Waals surface area (Å²) in [5.74, 6) is 0. The Balaban J connectivity index is 1.63. The summed E-state index contributed by atoms with van der Waals surface area (Å²) >= 11 is 1.91. The number of hydrogen-bond acceptors (Lipinski definition) is 2. The zero-order valence-electron chi connectivity index (χ0n) is 13.7. The molecule has 1 unspecified atom stereocenters. The molecule has 1 aliphatic heterocycles. The van der Waals surface area contributed by atoms with E-state index in [-0.39, 0.29) is 4.93 Å². The van der Waals surface area contributed by atoms with E-state index in [0.717, 1.165) is 6.61 Å². The molecule has 1 aromatic rings. The van der Waals surface area contributed by atoms with E-state index in [9.17, 15) is 0 Å². The summed E-state index contributed by atoms with van der Waals surface area (Å²) < 4.78 is 6.11. The predicted molar refractivity (Wildman–Crippen MR) is 92.7 cm³/mol. The fraction of sp³-hybridized carbons (Fsp3) is 0.684. The van der Waals surface area contributed by atoms with Crippen LogP contribution in [0.3, 0.4) is 0 Å². The highest BCUT2D eigenvalue weighted by Crippen LogP contribution is 2.43. The van der Waals surface area contributed by atoms with Crippen LogP contribution in [0.25, 0.3) is 0 Å². The van der Waals surface area contributed by atoms with Crippen LogP contribution >= 0.6 is 11.8 Å². The van der Waals surface area contributed by atoms with E-state index in [1.54, 1.807) is 0 Å². The van der Waals surface area contributed by atoms with Crippen molar-refractivity contribution in [3.63, 3.8) is 0 Å². The number of hydrogen-bond donors (Lipinski definition) is 0. The van der Waals surface area contributed by atoms with Gasteiger partial charge in [0.2, 0.25) is 0 Å². The van der Waals surface area contributed by atoms with Crippen molar-refractivity contribution in [3.05, 3.63) is 29.8 Å². The van der Waals surface area contributed by atoms with Crippen molar-refractivity contribution in [2.24, 2.45) is 0 Å². The summed E-state index contributed by atoms with van der Waals surface area (Å²) in [4.78, 5) is 1.39. The second-order valence-corrected chi connectivity index (χ2v) is 7.86. The Hall–Kier alpha value is -0.470. The van der Waals surface area contributed by atoms with Crippen LogP contribution in [0.5, 0.6) is 0 Å². The van der Waals surface area contributed by atoms with Gasteiger partial charge in [-0.05, 0) is 31.4 Å². The van der Waals surface area contributed by atoms with Gasteiger partial charge in [0.15, 0.2) is 0 Å². The predicted octanol–water partition coefficient (Wildman–Crippen LogP) is 6.56. The smallest absolute Gasteiger partial charge is 0.115 e. The molecular formula is C19H30OS. The van der Waals surface area contributed by atoms with Crippen LogP contribution in [0.4, 0.5) is 0 Å². The molecule has 1 nitrogen and oxygen atoms in total. The maximum absolute atomic E-state index is 6.11. The third-order valence-electron chi connectivity index (χ3n) is 4.32. The third-order valence-corrected chi connectivity index (χ3v) is 5.69. The number of unbranched alkanes of at least 4 members (excludes halogenated alkanes) is 7. The summed E-state index contributed by atoms with van der Waals surface area (Å²) in [6.07, 6.45) is 12.2. The molecule has 0 amide bonds. The number of rotatable bonds is 9. The van der Waals surface area contributed by atoms with Crippen LogP contribution in [0.1, 0.15) is 77.2 Å². The van der Waals surface area contributed by atoms with Crippen LogP contribution in [0.15, 0.2) is 29.2 Å². The van der Waals surface area contributed by atoms with Gasteiger partial charge >= 0.3 is 0 Å². The summed E-state index contributed by atoms with van der Waals surface area (Å²) in [5.41, 5.74) is 1.34. The van der Waals surface area contributed by atoms with Crippen molar-refractivity contribution in [2.45, 2.75) is 88.1 Å². The van der Waals surface area contributed by atoms with Gasteiger partial charge in [0.25, 0.3) is 0 Å². The molecule has 0 radical (unpaired) electrons. The van der Waals surface area contributed by atoms with E-state index in [1.165, 1.54) is 68.2 Å². The monoisotopic (exact) mass is 306 g/mol. The highest BCUT2D eigenvalue weighted by Gasteiger charge is 2.30. The van der Waals surface area contributed by atoms with Crippen molar-refractivity contribution in [1.29, 1.82) is 0 Å². The molecule has 1 aliphatic rings. The molecule has 1 heterocycles. The van der Waals surface area contributed by atoms with Gasteiger partial charge in [0, 0.05) is 4.90 Å². The van der Waals surface area contributed by atoms with Crippen molar-refractivity contribution in [1.82, 2.24) is 0 Å².